The molecule has 0 spiro atoms. The van der Waals surface area contributed by atoms with Crippen LogP contribution in [0.1, 0.15) is 17.4 Å². The summed E-state index contributed by atoms with van der Waals surface area (Å²) in [6.45, 7) is 1.33. The standard InChI is InChI=1S/C7H8N2O2/c1-4(10)7-6(11)2-5(8)3-9-7/h2-3,11H,8H2,1H3. The van der Waals surface area contributed by atoms with Gasteiger partial charge in [-0.3, -0.25) is 4.79 Å². The first-order chi connectivity index (χ1) is 5.11. The highest BCUT2D eigenvalue weighted by molar-refractivity contribution is 5.94. The molecule has 0 aliphatic heterocycles. The lowest BCUT2D eigenvalue weighted by Crippen LogP contribution is -1.98. The predicted molar refractivity (Wildman–Crippen MR) is 40.3 cm³/mol. The molecule has 0 atom stereocenters. The summed E-state index contributed by atoms with van der Waals surface area (Å²) in [6.07, 6.45) is 1.33. The first-order valence-corrected chi connectivity index (χ1v) is 3.06. The molecule has 0 aliphatic carbocycles. The number of Topliss-reactive ketones (excluding diaryl/α,β-unsaturated/α-hetero) is 1. The van der Waals surface area contributed by atoms with E-state index in [-0.39, 0.29) is 17.2 Å². The lowest BCUT2D eigenvalue weighted by Gasteiger charge is -1.98. The van der Waals surface area contributed by atoms with E-state index in [2.05, 4.69) is 4.98 Å². The fourth-order valence-corrected chi connectivity index (χ4v) is 0.740. The molecule has 0 amide bonds. The van der Waals surface area contributed by atoms with Gasteiger partial charge in [-0.1, -0.05) is 0 Å². The van der Waals surface area contributed by atoms with E-state index < -0.39 is 0 Å². The number of aromatic nitrogens is 1. The van der Waals surface area contributed by atoms with Gasteiger partial charge in [0.15, 0.2) is 5.78 Å². The van der Waals surface area contributed by atoms with Crippen molar-refractivity contribution in [3.63, 3.8) is 0 Å². The van der Waals surface area contributed by atoms with Crippen LogP contribution < -0.4 is 5.73 Å². The molecule has 4 nitrogen and oxygen atoms in total. The van der Waals surface area contributed by atoms with E-state index >= 15 is 0 Å². The topological polar surface area (TPSA) is 76.2 Å². The van der Waals surface area contributed by atoms with E-state index in [9.17, 15) is 4.79 Å². The number of hydrogen-bond acceptors (Lipinski definition) is 4. The van der Waals surface area contributed by atoms with Gasteiger partial charge in [-0.05, 0) is 0 Å². The van der Waals surface area contributed by atoms with Gasteiger partial charge in [-0.2, -0.15) is 0 Å². The highest BCUT2D eigenvalue weighted by Crippen LogP contribution is 2.16. The zero-order valence-corrected chi connectivity index (χ0v) is 6.03. The average Bonchev–Trinajstić information content (AvgIpc) is 1.85. The minimum Gasteiger partial charge on any atom is -0.505 e. The van der Waals surface area contributed by atoms with Crippen molar-refractivity contribution in [1.29, 1.82) is 0 Å². The Morgan fingerprint density at radius 2 is 2.36 bits per heavy atom. The van der Waals surface area contributed by atoms with Gasteiger partial charge in [-0.15, -0.1) is 0 Å². The van der Waals surface area contributed by atoms with E-state index in [0.29, 0.717) is 5.69 Å². The van der Waals surface area contributed by atoms with Gasteiger partial charge < -0.3 is 10.8 Å². The SMILES string of the molecule is CC(=O)c1ncc(N)cc1O. The van der Waals surface area contributed by atoms with Crippen LogP contribution in [0.25, 0.3) is 0 Å². The Bertz CT molecular complexity index is 296. The van der Waals surface area contributed by atoms with Crippen LogP contribution in [0.4, 0.5) is 5.69 Å². The first kappa shape index (κ1) is 7.53. The van der Waals surface area contributed by atoms with Gasteiger partial charge in [0, 0.05) is 13.0 Å². The number of hydrogen-bond donors (Lipinski definition) is 2. The molecule has 0 aliphatic rings. The molecule has 0 unspecified atom stereocenters. The minimum absolute atomic E-state index is 0.0548. The van der Waals surface area contributed by atoms with Gasteiger partial charge in [0.1, 0.15) is 11.4 Å². The number of carbonyl (C=O) groups excluding carboxylic acids is 1. The summed E-state index contributed by atoms with van der Waals surface area (Å²) in [4.78, 5) is 14.4. The number of rotatable bonds is 1. The molecule has 0 bridgehead atoms. The summed E-state index contributed by atoms with van der Waals surface area (Å²) in [6, 6.07) is 1.30. The van der Waals surface area contributed by atoms with Crippen LogP contribution in [0, 0.1) is 0 Å². The van der Waals surface area contributed by atoms with E-state index in [1.807, 2.05) is 0 Å². The quantitative estimate of drug-likeness (QED) is 0.577. The molecule has 0 radical (unpaired) electrons. The average molecular weight is 152 g/mol. The summed E-state index contributed by atoms with van der Waals surface area (Å²) in [5, 5.41) is 9.10. The van der Waals surface area contributed by atoms with E-state index in [4.69, 9.17) is 10.8 Å². The van der Waals surface area contributed by atoms with Crippen molar-refractivity contribution in [1.82, 2.24) is 4.98 Å². The van der Waals surface area contributed by atoms with Gasteiger partial charge in [0.25, 0.3) is 0 Å². The second-order valence-corrected chi connectivity index (χ2v) is 2.19. The van der Waals surface area contributed by atoms with Crippen LogP contribution in [0.2, 0.25) is 0 Å². The fourth-order valence-electron chi connectivity index (χ4n) is 0.740. The molecular formula is C7H8N2O2. The molecule has 0 aromatic carbocycles. The zero-order chi connectivity index (χ0) is 8.43. The van der Waals surface area contributed by atoms with E-state index in [0.717, 1.165) is 0 Å². The van der Waals surface area contributed by atoms with Gasteiger partial charge in [0.2, 0.25) is 0 Å². The van der Waals surface area contributed by atoms with Gasteiger partial charge >= 0.3 is 0 Å². The number of ketones is 1. The molecular weight excluding hydrogens is 144 g/mol. The van der Waals surface area contributed by atoms with Crippen molar-refractivity contribution < 1.29 is 9.90 Å². The maximum atomic E-state index is 10.7. The molecule has 1 heterocycles. The van der Waals surface area contributed by atoms with E-state index in [1.54, 1.807) is 0 Å². The first-order valence-electron chi connectivity index (χ1n) is 3.06. The Balaban J connectivity index is 3.20. The number of nitrogens with two attached hydrogens (primary N) is 1. The Morgan fingerprint density at radius 1 is 1.73 bits per heavy atom. The van der Waals surface area contributed by atoms with Crippen LogP contribution in [0.3, 0.4) is 0 Å². The molecule has 0 fully saturated rings. The van der Waals surface area contributed by atoms with Gasteiger partial charge in [-0.25, -0.2) is 4.98 Å². The number of pyridine rings is 1. The third kappa shape index (κ3) is 1.46. The molecule has 1 aromatic rings. The molecule has 0 saturated heterocycles. The molecule has 0 saturated carbocycles. The van der Waals surface area contributed by atoms with Crippen molar-refractivity contribution >= 4 is 11.5 Å². The van der Waals surface area contributed by atoms with Crippen molar-refractivity contribution in [3.8, 4) is 5.75 Å². The Kier molecular flexibility index (Phi) is 1.76. The van der Waals surface area contributed by atoms with E-state index in [1.165, 1.54) is 19.2 Å². The minimum atomic E-state index is -0.275. The van der Waals surface area contributed by atoms with Crippen molar-refractivity contribution in [2.24, 2.45) is 0 Å². The lowest BCUT2D eigenvalue weighted by molar-refractivity contribution is 0.101. The van der Waals surface area contributed by atoms with Crippen LogP contribution >= 0.6 is 0 Å². The lowest BCUT2D eigenvalue weighted by atomic mass is 10.2. The predicted octanol–water partition coefficient (Wildman–Crippen LogP) is 0.572. The molecule has 3 N–H and O–H groups in total. The summed E-state index contributed by atoms with van der Waals surface area (Å²) in [5.74, 6) is -0.444. The largest absolute Gasteiger partial charge is 0.505 e. The summed E-state index contributed by atoms with van der Waals surface area (Å²) in [7, 11) is 0. The summed E-state index contributed by atoms with van der Waals surface area (Å²) >= 11 is 0. The Hall–Kier alpha value is -1.58. The second-order valence-electron chi connectivity index (χ2n) is 2.19. The number of nitrogen functional groups attached to an aromatic ring is 1. The smallest absolute Gasteiger partial charge is 0.181 e. The summed E-state index contributed by atoms with van der Waals surface area (Å²) < 4.78 is 0. The van der Waals surface area contributed by atoms with Gasteiger partial charge in [0.05, 0.1) is 11.9 Å². The van der Waals surface area contributed by atoms with Crippen LogP contribution in [0.5, 0.6) is 5.75 Å². The van der Waals surface area contributed by atoms with Crippen molar-refractivity contribution in [2.75, 3.05) is 5.73 Å². The van der Waals surface area contributed by atoms with Crippen LogP contribution in [-0.2, 0) is 0 Å². The highest BCUT2D eigenvalue weighted by atomic mass is 16.3. The third-order valence-corrected chi connectivity index (χ3v) is 1.22. The fraction of sp³-hybridized carbons (Fsp3) is 0.143. The molecule has 1 rings (SSSR count). The molecule has 58 valence electrons. The van der Waals surface area contributed by atoms with Crippen LogP contribution in [0.15, 0.2) is 12.3 Å². The maximum absolute atomic E-state index is 10.7. The van der Waals surface area contributed by atoms with Crippen molar-refractivity contribution in [3.05, 3.63) is 18.0 Å². The number of carbonyl (C=O) groups is 1. The summed E-state index contributed by atoms with van der Waals surface area (Å²) in [5.41, 5.74) is 5.69. The van der Waals surface area contributed by atoms with Crippen LogP contribution in [-0.4, -0.2) is 15.9 Å². The number of aromatic hydroxyl groups is 1. The highest BCUT2D eigenvalue weighted by Gasteiger charge is 2.06. The zero-order valence-electron chi connectivity index (χ0n) is 6.03. The third-order valence-electron chi connectivity index (χ3n) is 1.22. The number of anilines is 1. The number of nitrogens with zero attached hydrogens (tertiary/aromatic N) is 1. The molecule has 1 aromatic heterocycles. The Morgan fingerprint density at radius 3 is 2.82 bits per heavy atom. The Labute approximate surface area is 63.7 Å². The molecule has 4 heteroatoms. The van der Waals surface area contributed by atoms with Crippen molar-refractivity contribution in [2.45, 2.75) is 6.92 Å². The normalized spacial score (nSPS) is 9.55. The molecule has 11 heavy (non-hydrogen) atoms. The maximum Gasteiger partial charge on any atom is 0.181 e. The second kappa shape index (κ2) is 2.57. The monoisotopic (exact) mass is 152 g/mol.